The highest BCUT2D eigenvalue weighted by molar-refractivity contribution is 6.19. The van der Waals surface area contributed by atoms with Gasteiger partial charge in [0, 0.05) is 11.4 Å². The van der Waals surface area contributed by atoms with Crippen LogP contribution in [-0.4, -0.2) is 17.3 Å². The van der Waals surface area contributed by atoms with Gasteiger partial charge in [0.15, 0.2) is 0 Å². The second-order valence-electron chi connectivity index (χ2n) is 5.24. The van der Waals surface area contributed by atoms with Gasteiger partial charge in [-0.3, -0.25) is 4.79 Å². The third-order valence-electron chi connectivity index (χ3n) is 3.83. The highest BCUT2D eigenvalue weighted by Gasteiger charge is 2.33. The van der Waals surface area contributed by atoms with Crippen LogP contribution in [0.25, 0.3) is 0 Å². The topological polar surface area (TPSA) is 29.1 Å². The van der Waals surface area contributed by atoms with Crippen molar-refractivity contribution in [2.24, 2.45) is 0 Å². The second kappa shape index (κ2) is 5.75. The van der Waals surface area contributed by atoms with Crippen molar-refractivity contribution in [1.29, 1.82) is 0 Å². The van der Waals surface area contributed by atoms with Crippen LogP contribution in [0.2, 0.25) is 0 Å². The van der Waals surface area contributed by atoms with Crippen LogP contribution in [0.1, 0.15) is 48.0 Å². The summed E-state index contributed by atoms with van der Waals surface area (Å²) in [5, 5.41) is 3.17. The molecule has 0 spiro atoms. The zero-order chi connectivity index (χ0) is 13.0. The van der Waals surface area contributed by atoms with E-state index >= 15 is 0 Å². The number of alkyl halides is 1. The molecule has 0 aliphatic heterocycles. The van der Waals surface area contributed by atoms with Crippen molar-refractivity contribution in [3.05, 3.63) is 35.4 Å². The van der Waals surface area contributed by atoms with Crippen LogP contribution in [0.4, 0.5) is 0 Å². The first-order valence-corrected chi connectivity index (χ1v) is 7.14. The van der Waals surface area contributed by atoms with Gasteiger partial charge >= 0.3 is 0 Å². The molecule has 18 heavy (non-hydrogen) atoms. The maximum Gasteiger partial charge on any atom is 0.252 e. The summed E-state index contributed by atoms with van der Waals surface area (Å²) in [6.45, 7) is 1.96. The summed E-state index contributed by atoms with van der Waals surface area (Å²) in [6.07, 6.45) is 5.54. The lowest BCUT2D eigenvalue weighted by molar-refractivity contribution is 0.0884. The Morgan fingerprint density at radius 3 is 2.56 bits per heavy atom. The van der Waals surface area contributed by atoms with Crippen LogP contribution in [0.15, 0.2) is 24.3 Å². The second-order valence-corrected chi connectivity index (χ2v) is 5.51. The number of hydrogen-bond donors (Lipinski definition) is 1. The van der Waals surface area contributed by atoms with Crippen molar-refractivity contribution in [2.45, 2.75) is 44.6 Å². The Kier molecular flexibility index (Phi) is 4.28. The number of benzene rings is 1. The quantitative estimate of drug-likeness (QED) is 0.830. The van der Waals surface area contributed by atoms with Gasteiger partial charge in [-0.15, -0.1) is 11.6 Å². The Hall–Kier alpha value is -1.02. The first-order chi connectivity index (χ1) is 8.67. The van der Waals surface area contributed by atoms with Gasteiger partial charge < -0.3 is 5.32 Å². The summed E-state index contributed by atoms with van der Waals surface area (Å²) < 4.78 is 0. The van der Waals surface area contributed by atoms with E-state index in [2.05, 4.69) is 5.32 Å². The standard InChI is InChI=1S/C15H20ClNO/c1-12-7-3-4-8-13(12)14(18)17-15(11-16)9-5-2-6-10-15/h3-4,7-8H,2,5-6,9-11H2,1H3,(H,17,18). The third-order valence-corrected chi connectivity index (χ3v) is 4.35. The first-order valence-electron chi connectivity index (χ1n) is 6.61. The van der Waals surface area contributed by atoms with E-state index in [1.165, 1.54) is 6.42 Å². The molecular weight excluding hydrogens is 246 g/mol. The predicted octanol–water partition coefficient (Wildman–Crippen LogP) is 3.67. The Balaban J connectivity index is 2.13. The fourth-order valence-corrected chi connectivity index (χ4v) is 2.99. The molecule has 1 N–H and O–H groups in total. The molecule has 1 aliphatic carbocycles. The van der Waals surface area contributed by atoms with E-state index < -0.39 is 0 Å². The maximum absolute atomic E-state index is 12.3. The van der Waals surface area contributed by atoms with Gasteiger partial charge in [-0.05, 0) is 31.4 Å². The van der Waals surface area contributed by atoms with Crippen molar-refractivity contribution in [2.75, 3.05) is 5.88 Å². The lowest BCUT2D eigenvalue weighted by Gasteiger charge is -2.36. The largest absolute Gasteiger partial charge is 0.345 e. The summed E-state index contributed by atoms with van der Waals surface area (Å²) in [5.41, 5.74) is 1.57. The average Bonchev–Trinajstić information content (AvgIpc) is 2.40. The molecule has 0 heterocycles. The van der Waals surface area contributed by atoms with Crippen molar-refractivity contribution in [3.8, 4) is 0 Å². The molecule has 1 amide bonds. The molecule has 1 fully saturated rings. The number of halogens is 1. The number of rotatable bonds is 3. The highest BCUT2D eigenvalue weighted by Crippen LogP contribution is 2.29. The molecule has 1 aromatic rings. The normalized spacial score (nSPS) is 18.3. The fraction of sp³-hybridized carbons (Fsp3) is 0.533. The Labute approximate surface area is 114 Å². The summed E-state index contributed by atoms with van der Waals surface area (Å²) in [5.74, 6) is 0.514. The molecule has 2 rings (SSSR count). The number of nitrogens with one attached hydrogen (secondary N) is 1. The summed E-state index contributed by atoms with van der Waals surface area (Å²) in [6, 6.07) is 7.68. The van der Waals surface area contributed by atoms with E-state index in [1.807, 2.05) is 31.2 Å². The van der Waals surface area contributed by atoms with E-state index in [0.29, 0.717) is 5.88 Å². The number of hydrogen-bond acceptors (Lipinski definition) is 1. The molecule has 98 valence electrons. The Bertz CT molecular complexity index is 424. The number of carbonyl (C=O) groups excluding carboxylic acids is 1. The number of carbonyl (C=O) groups is 1. The molecule has 0 atom stereocenters. The molecule has 0 bridgehead atoms. The van der Waals surface area contributed by atoms with E-state index in [4.69, 9.17) is 11.6 Å². The molecule has 0 aromatic heterocycles. The van der Waals surface area contributed by atoms with Crippen molar-refractivity contribution >= 4 is 17.5 Å². The monoisotopic (exact) mass is 265 g/mol. The summed E-state index contributed by atoms with van der Waals surface area (Å²) in [7, 11) is 0. The highest BCUT2D eigenvalue weighted by atomic mass is 35.5. The van der Waals surface area contributed by atoms with Crippen LogP contribution < -0.4 is 5.32 Å². The molecule has 1 aliphatic rings. The van der Waals surface area contributed by atoms with Gasteiger partial charge in [0.1, 0.15) is 0 Å². The third kappa shape index (κ3) is 2.86. The van der Waals surface area contributed by atoms with E-state index in [-0.39, 0.29) is 11.4 Å². The predicted molar refractivity (Wildman–Crippen MR) is 75.2 cm³/mol. The van der Waals surface area contributed by atoms with Crippen LogP contribution in [0.5, 0.6) is 0 Å². The Morgan fingerprint density at radius 2 is 1.94 bits per heavy atom. The molecular formula is C15H20ClNO. The zero-order valence-corrected chi connectivity index (χ0v) is 11.6. The lowest BCUT2D eigenvalue weighted by atomic mass is 9.83. The van der Waals surface area contributed by atoms with Crippen molar-refractivity contribution in [3.63, 3.8) is 0 Å². The van der Waals surface area contributed by atoms with E-state index in [1.54, 1.807) is 0 Å². The fourth-order valence-electron chi connectivity index (χ4n) is 2.66. The van der Waals surface area contributed by atoms with Crippen LogP contribution in [0, 0.1) is 6.92 Å². The van der Waals surface area contributed by atoms with Gasteiger partial charge in [0.2, 0.25) is 0 Å². The minimum Gasteiger partial charge on any atom is -0.345 e. The lowest BCUT2D eigenvalue weighted by Crippen LogP contribution is -2.51. The molecule has 0 radical (unpaired) electrons. The minimum atomic E-state index is -0.195. The van der Waals surface area contributed by atoms with Crippen LogP contribution in [0.3, 0.4) is 0 Å². The average molecular weight is 266 g/mol. The van der Waals surface area contributed by atoms with Gasteiger partial charge in [-0.1, -0.05) is 37.5 Å². The van der Waals surface area contributed by atoms with E-state index in [9.17, 15) is 4.79 Å². The molecule has 3 heteroatoms. The molecule has 0 saturated heterocycles. The first kappa shape index (κ1) is 13.4. The van der Waals surface area contributed by atoms with Gasteiger partial charge in [-0.2, -0.15) is 0 Å². The van der Waals surface area contributed by atoms with Gasteiger partial charge in [0.25, 0.3) is 5.91 Å². The van der Waals surface area contributed by atoms with Gasteiger partial charge in [-0.25, -0.2) is 0 Å². The number of amides is 1. The van der Waals surface area contributed by atoms with Crippen LogP contribution >= 0.6 is 11.6 Å². The summed E-state index contributed by atoms with van der Waals surface area (Å²) >= 11 is 6.09. The smallest absolute Gasteiger partial charge is 0.252 e. The van der Waals surface area contributed by atoms with Crippen molar-refractivity contribution < 1.29 is 4.79 Å². The molecule has 2 nitrogen and oxygen atoms in total. The molecule has 1 saturated carbocycles. The zero-order valence-electron chi connectivity index (χ0n) is 10.8. The minimum absolute atomic E-state index is 0.00986. The van der Waals surface area contributed by atoms with Gasteiger partial charge in [0.05, 0.1) is 5.54 Å². The number of aryl methyl sites for hydroxylation is 1. The van der Waals surface area contributed by atoms with E-state index in [0.717, 1.165) is 36.8 Å². The molecule has 0 unspecified atom stereocenters. The maximum atomic E-state index is 12.3. The SMILES string of the molecule is Cc1ccccc1C(=O)NC1(CCl)CCCCC1. The van der Waals surface area contributed by atoms with Crippen LogP contribution in [-0.2, 0) is 0 Å². The Morgan fingerprint density at radius 1 is 1.28 bits per heavy atom. The molecule has 1 aromatic carbocycles. The summed E-state index contributed by atoms with van der Waals surface area (Å²) in [4.78, 5) is 12.3. The van der Waals surface area contributed by atoms with Crippen molar-refractivity contribution in [1.82, 2.24) is 5.32 Å².